The van der Waals surface area contributed by atoms with Gasteiger partial charge in [0.2, 0.25) is 5.91 Å². The number of ether oxygens (including phenoxy) is 1. The van der Waals surface area contributed by atoms with Crippen LogP contribution in [0, 0.1) is 5.92 Å². The highest BCUT2D eigenvalue weighted by molar-refractivity contribution is 14.0. The van der Waals surface area contributed by atoms with E-state index in [0.717, 1.165) is 38.4 Å². The quantitative estimate of drug-likeness (QED) is 0.345. The second kappa shape index (κ2) is 12.4. The van der Waals surface area contributed by atoms with Gasteiger partial charge in [-0.15, -0.1) is 24.0 Å². The molecule has 0 aromatic heterocycles. The predicted molar refractivity (Wildman–Crippen MR) is 130 cm³/mol. The monoisotopic (exact) mass is 516 g/mol. The molecule has 1 saturated heterocycles. The number of likely N-dealkylation sites (tertiary alicyclic amines) is 1. The number of aliphatic imine (C=N–C) groups is 1. The summed E-state index contributed by atoms with van der Waals surface area (Å²) in [5.41, 5.74) is 2.25. The minimum atomic E-state index is -0.139. The van der Waals surface area contributed by atoms with E-state index in [4.69, 9.17) is 4.74 Å². The molecule has 1 aromatic rings. The molecule has 2 rings (SSSR count). The molecule has 1 aliphatic heterocycles. The Morgan fingerprint density at radius 1 is 1.24 bits per heavy atom. The largest absolute Gasteiger partial charge is 0.371 e. The number of piperidine rings is 1. The Morgan fingerprint density at radius 2 is 1.90 bits per heavy atom. The highest BCUT2D eigenvalue weighted by Crippen LogP contribution is 2.20. The van der Waals surface area contributed by atoms with E-state index >= 15 is 0 Å². The van der Waals surface area contributed by atoms with Crippen LogP contribution in [-0.4, -0.2) is 49.6 Å². The standard InChI is InChI=1S/C22H36N4O2.HI/c1-22(2,3)28-16-19-8-6-7-18(13-19)15-25-21(24-5)26-11-9-17(10-12-26)14-20(27)23-4;/h6-8,13,17H,9-12,14-16H2,1-5H3,(H,23,27)(H,24,25);1H. The molecule has 2 N–H and O–H groups in total. The zero-order valence-corrected chi connectivity index (χ0v) is 20.8. The minimum absolute atomic E-state index is 0. The van der Waals surface area contributed by atoms with Crippen LogP contribution < -0.4 is 10.6 Å². The van der Waals surface area contributed by atoms with Crippen LogP contribution >= 0.6 is 24.0 Å². The van der Waals surface area contributed by atoms with Gasteiger partial charge in [0.15, 0.2) is 5.96 Å². The maximum absolute atomic E-state index is 11.6. The molecule has 0 aliphatic carbocycles. The summed E-state index contributed by atoms with van der Waals surface area (Å²) in [5, 5.41) is 6.20. The van der Waals surface area contributed by atoms with Crippen molar-refractivity contribution in [3.05, 3.63) is 35.4 Å². The molecule has 0 atom stereocenters. The van der Waals surface area contributed by atoms with E-state index in [9.17, 15) is 4.79 Å². The molecular weight excluding hydrogens is 479 g/mol. The summed E-state index contributed by atoms with van der Waals surface area (Å²) < 4.78 is 5.88. The van der Waals surface area contributed by atoms with Crippen molar-refractivity contribution >= 4 is 35.8 Å². The van der Waals surface area contributed by atoms with Crippen molar-refractivity contribution < 1.29 is 9.53 Å². The van der Waals surface area contributed by atoms with Gasteiger partial charge in [0.1, 0.15) is 0 Å². The maximum Gasteiger partial charge on any atom is 0.220 e. The normalized spacial score (nSPS) is 15.6. The highest BCUT2D eigenvalue weighted by Gasteiger charge is 2.23. The smallest absolute Gasteiger partial charge is 0.220 e. The average molecular weight is 516 g/mol. The molecule has 6 nitrogen and oxygen atoms in total. The van der Waals surface area contributed by atoms with Crippen LogP contribution in [0.3, 0.4) is 0 Å². The Bertz CT molecular complexity index is 665. The fraction of sp³-hybridized carbons (Fsp3) is 0.636. The zero-order chi connectivity index (χ0) is 20.6. The van der Waals surface area contributed by atoms with Gasteiger partial charge in [0, 0.05) is 40.2 Å². The van der Waals surface area contributed by atoms with Gasteiger partial charge < -0.3 is 20.3 Å². The van der Waals surface area contributed by atoms with Gasteiger partial charge in [0.25, 0.3) is 0 Å². The molecular formula is C22H37IN4O2. The fourth-order valence-electron chi connectivity index (χ4n) is 3.36. The third kappa shape index (κ3) is 9.33. The van der Waals surface area contributed by atoms with Crippen molar-refractivity contribution in [2.75, 3.05) is 27.2 Å². The molecule has 0 unspecified atom stereocenters. The molecule has 0 bridgehead atoms. The average Bonchev–Trinajstić information content (AvgIpc) is 2.68. The van der Waals surface area contributed by atoms with Gasteiger partial charge in [-0.05, 0) is 50.7 Å². The summed E-state index contributed by atoms with van der Waals surface area (Å²) in [6.07, 6.45) is 2.67. The van der Waals surface area contributed by atoms with Crippen LogP contribution in [0.15, 0.2) is 29.3 Å². The number of hydrogen-bond acceptors (Lipinski definition) is 3. The Morgan fingerprint density at radius 3 is 2.48 bits per heavy atom. The topological polar surface area (TPSA) is 66.0 Å². The van der Waals surface area contributed by atoms with E-state index in [0.29, 0.717) is 18.9 Å². The van der Waals surface area contributed by atoms with Gasteiger partial charge in [0.05, 0.1) is 12.2 Å². The molecule has 0 saturated carbocycles. The predicted octanol–water partition coefficient (Wildman–Crippen LogP) is 3.54. The summed E-state index contributed by atoms with van der Waals surface area (Å²) in [6.45, 7) is 9.42. The summed E-state index contributed by atoms with van der Waals surface area (Å²) in [4.78, 5) is 18.3. The molecule has 7 heteroatoms. The second-order valence-corrected chi connectivity index (χ2v) is 8.43. The van der Waals surface area contributed by atoms with Gasteiger partial charge in [-0.2, -0.15) is 0 Å². The van der Waals surface area contributed by atoms with E-state index in [1.54, 1.807) is 7.05 Å². The number of carbonyl (C=O) groups is 1. The van der Waals surface area contributed by atoms with E-state index in [1.807, 2.05) is 7.05 Å². The Hall–Kier alpha value is -1.35. The summed E-state index contributed by atoms with van der Waals surface area (Å²) in [6, 6.07) is 8.48. The zero-order valence-electron chi connectivity index (χ0n) is 18.5. The first-order chi connectivity index (χ1) is 13.3. The molecule has 1 heterocycles. The number of benzene rings is 1. The maximum atomic E-state index is 11.6. The van der Waals surface area contributed by atoms with Crippen molar-refractivity contribution in [2.24, 2.45) is 10.9 Å². The summed E-state index contributed by atoms with van der Waals surface area (Å²) in [7, 11) is 3.53. The third-order valence-corrected chi connectivity index (χ3v) is 4.99. The molecule has 164 valence electrons. The minimum Gasteiger partial charge on any atom is -0.371 e. The first-order valence-electron chi connectivity index (χ1n) is 10.2. The van der Waals surface area contributed by atoms with E-state index in [1.165, 1.54) is 11.1 Å². The molecule has 29 heavy (non-hydrogen) atoms. The fourth-order valence-corrected chi connectivity index (χ4v) is 3.36. The van der Waals surface area contributed by atoms with E-state index < -0.39 is 0 Å². The van der Waals surface area contributed by atoms with Crippen molar-refractivity contribution in [3.63, 3.8) is 0 Å². The van der Waals surface area contributed by atoms with Crippen LogP contribution in [0.4, 0.5) is 0 Å². The number of guanidine groups is 1. The van der Waals surface area contributed by atoms with Crippen molar-refractivity contribution in [1.29, 1.82) is 0 Å². The first-order valence-corrected chi connectivity index (χ1v) is 10.2. The van der Waals surface area contributed by atoms with Crippen LogP contribution in [0.1, 0.15) is 51.2 Å². The lowest BCUT2D eigenvalue weighted by Crippen LogP contribution is -2.45. The van der Waals surface area contributed by atoms with Crippen molar-refractivity contribution in [2.45, 2.75) is 58.8 Å². The molecule has 1 fully saturated rings. The van der Waals surface area contributed by atoms with Crippen LogP contribution in [0.5, 0.6) is 0 Å². The van der Waals surface area contributed by atoms with Gasteiger partial charge >= 0.3 is 0 Å². The van der Waals surface area contributed by atoms with Gasteiger partial charge in [-0.1, -0.05) is 24.3 Å². The summed E-state index contributed by atoms with van der Waals surface area (Å²) in [5.74, 6) is 1.53. The number of rotatable bonds is 6. The van der Waals surface area contributed by atoms with Crippen molar-refractivity contribution in [3.8, 4) is 0 Å². The Balaban J connectivity index is 0.00000420. The third-order valence-electron chi connectivity index (χ3n) is 4.99. The number of carbonyl (C=O) groups excluding carboxylic acids is 1. The molecule has 0 radical (unpaired) electrons. The first kappa shape index (κ1) is 25.7. The highest BCUT2D eigenvalue weighted by atomic mass is 127. The number of nitrogens with zero attached hydrogens (tertiary/aromatic N) is 2. The van der Waals surface area contributed by atoms with E-state index in [2.05, 4.69) is 65.6 Å². The Labute approximate surface area is 192 Å². The number of amides is 1. The molecule has 1 amide bonds. The SMILES string of the molecule is CN=C(NCc1cccc(COC(C)(C)C)c1)N1CCC(CC(=O)NC)CC1.I. The van der Waals surface area contributed by atoms with Gasteiger partial charge in [-0.25, -0.2) is 0 Å². The molecule has 1 aromatic carbocycles. The summed E-state index contributed by atoms with van der Waals surface area (Å²) >= 11 is 0. The van der Waals surface area contributed by atoms with E-state index in [-0.39, 0.29) is 35.5 Å². The lowest BCUT2D eigenvalue weighted by molar-refractivity contribution is -0.121. The number of halogens is 1. The lowest BCUT2D eigenvalue weighted by Gasteiger charge is -2.34. The number of nitrogens with one attached hydrogen (secondary N) is 2. The lowest BCUT2D eigenvalue weighted by atomic mass is 9.93. The van der Waals surface area contributed by atoms with Crippen LogP contribution in [-0.2, 0) is 22.7 Å². The van der Waals surface area contributed by atoms with Crippen molar-refractivity contribution in [1.82, 2.24) is 15.5 Å². The second-order valence-electron chi connectivity index (χ2n) is 8.43. The van der Waals surface area contributed by atoms with Gasteiger partial charge in [-0.3, -0.25) is 9.79 Å². The Kier molecular flexibility index (Phi) is 11.0. The molecule has 0 spiro atoms. The van der Waals surface area contributed by atoms with Crippen LogP contribution in [0.2, 0.25) is 0 Å². The molecule has 1 aliphatic rings. The number of hydrogen-bond donors (Lipinski definition) is 2. The van der Waals surface area contributed by atoms with Crippen LogP contribution in [0.25, 0.3) is 0 Å².